The molecule has 0 saturated carbocycles. The van der Waals surface area contributed by atoms with Crippen LogP contribution in [0.1, 0.15) is 32.4 Å². The molecular formula is C20H32N2O8. The molecule has 0 radical (unpaired) electrons. The highest BCUT2D eigenvalue weighted by Gasteiger charge is 2.29. The summed E-state index contributed by atoms with van der Waals surface area (Å²) in [4.78, 5) is 23.9. The largest absolute Gasteiger partial charge is 0.488 e. The van der Waals surface area contributed by atoms with E-state index in [-0.39, 0.29) is 6.10 Å². The van der Waals surface area contributed by atoms with Gasteiger partial charge in [-0.2, -0.15) is 0 Å². The molecule has 0 spiro atoms. The third-order valence-corrected chi connectivity index (χ3v) is 4.63. The highest BCUT2D eigenvalue weighted by atomic mass is 16.5. The molecule has 0 aromatic carbocycles. The van der Waals surface area contributed by atoms with E-state index >= 15 is 0 Å². The topological polar surface area (TPSA) is 158 Å². The average molecular weight is 428 g/mol. The molecule has 1 aromatic heterocycles. The number of carboxylic acids is 2. The lowest BCUT2D eigenvalue weighted by Gasteiger charge is -2.26. The zero-order chi connectivity index (χ0) is 22.8. The molecule has 2 heterocycles. The lowest BCUT2D eigenvalue weighted by molar-refractivity contribution is -0.165. The molecule has 4 atom stereocenters. The fraction of sp³-hybridized carbons (Fsp3) is 0.650. The Balaban J connectivity index is 0.000000382. The number of aliphatic carboxylic acids is 2. The van der Waals surface area contributed by atoms with Gasteiger partial charge in [0.1, 0.15) is 11.9 Å². The van der Waals surface area contributed by atoms with E-state index in [4.69, 9.17) is 29.9 Å². The van der Waals surface area contributed by atoms with E-state index in [2.05, 4.69) is 24.1 Å². The van der Waals surface area contributed by atoms with Crippen LogP contribution in [0.3, 0.4) is 0 Å². The van der Waals surface area contributed by atoms with Crippen LogP contribution in [-0.4, -0.2) is 75.9 Å². The van der Waals surface area contributed by atoms with Crippen molar-refractivity contribution in [3.8, 4) is 11.6 Å². The van der Waals surface area contributed by atoms with Crippen LogP contribution in [0.4, 0.5) is 0 Å². The van der Waals surface area contributed by atoms with E-state index in [9.17, 15) is 9.59 Å². The van der Waals surface area contributed by atoms with E-state index in [0.717, 1.165) is 31.0 Å². The van der Waals surface area contributed by atoms with Gasteiger partial charge in [-0.1, -0.05) is 13.8 Å². The number of hydrogen-bond donors (Lipinski definition) is 5. The van der Waals surface area contributed by atoms with Crippen molar-refractivity contribution in [3.05, 3.63) is 17.8 Å². The summed E-state index contributed by atoms with van der Waals surface area (Å²) in [7, 11) is 1.63. The number of aliphatic hydroxyl groups is 2. The van der Waals surface area contributed by atoms with Crippen LogP contribution < -0.4 is 14.8 Å². The standard InChI is InChI=1S/C16H26N2O2.C4H6O6/c1-11(2)9-15(13-7-8-17-10-13)20-14-5-6-16(19-4)18-12(14)3;5-1(3(7)8)2(6)4(9)10/h5-6,11,13,15,17H,7-10H2,1-4H3;1-2,5-6H,(H,7,8)(H,9,10)/t13-,15-;/m0./s1. The van der Waals surface area contributed by atoms with E-state index in [1.807, 2.05) is 19.1 Å². The molecule has 1 aromatic rings. The highest BCUT2D eigenvalue weighted by Crippen LogP contribution is 2.27. The number of carbonyl (C=O) groups is 2. The van der Waals surface area contributed by atoms with Gasteiger partial charge < -0.3 is 35.2 Å². The molecule has 1 aliphatic heterocycles. The predicted molar refractivity (Wildman–Crippen MR) is 108 cm³/mol. The van der Waals surface area contributed by atoms with E-state index in [1.165, 1.54) is 6.42 Å². The summed E-state index contributed by atoms with van der Waals surface area (Å²) in [6, 6.07) is 3.83. The highest BCUT2D eigenvalue weighted by molar-refractivity contribution is 5.83. The summed E-state index contributed by atoms with van der Waals surface area (Å²) >= 11 is 0. The van der Waals surface area contributed by atoms with Crippen LogP contribution in [0.15, 0.2) is 12.1 Å². The van der Waals surface area contributed by atoms with Crippen molar-refractivity contribution >= 4 is 11.9 Å². The second kappa shape index (κ2) is 12.3. The molecule has 5 N–H and O–H groups in total. The van der Waals surface area contributed by atoms with Gasteiger partial charge in [-0.05, 0) is 38.3 Å². The molecule has 1 saturated heterocycles. The van der Waals surface area contributed by atoms with E-state index < -0.39 is 24.1 Å². The lowest BCUT2D eigenvalue weighted by atomic mass is 9.93. The number of rotatable bonds is 9. The van der Waals surface area contributed by atoms with Crippen molar-refractivity contribution in [1.29, 1.82) is 0 Å². The number of hydrogen-bond acceptors (Lipinski definition) is 8. The maximum Gasteiger partial charge on any atom is 0.335 e. The summed E-state index contributed by atoms with van der Waals surface area (Å²) in [5.41, 5.74) is 0.893. The fourth-order valence-electron chi connectivity index (χ4n) is 2.99. The maximum atomic E-state index is 9.77. The first-order valence-electron chi connectivity index (χ1n) is 9.77. The predicted octanol–water partition coefficient (Wildman–Crippen LogP) is 0.679. The number of pyridine rings is 1. The minimum Gasteiger partial charge on any atom is -0.488 e. The smallest absolute Gasteiger partial charge is 0.335 e. The van der Waals surface area contributed by atoms with Crippen molar-refractivity contribution in [2.24, 2.45) is 11.8 Å². The molecule has 0 bridgehead atoms. The van der Waals surface area contributed by atoms with E-state index in [1.54, 1.807) is 7.11 Å². The first-order valence-corrected chi connectivity index (χ1v) is 9.77. The number of ether oxygens (including phenoxy) is 2. The number of nitrogens with zero attached hydrogens (tertiary/aromatic N) is 1. The van der Waals surface area contributed by atoms with Gasteiger partial charge in [-0.15, -0.1) is 0 Å². The number of aliphatic hydroxyl groups excluding tert-OH is 2. The van der Waals surface area contributed by atoms with Gasteiger partial charge in [-0.3, -0.25) is 0 Å². The molecule has 2 unspecified atom stereocenters. The number of methoxy groups -OCH3 is 1. The van der Waals surface area contributed by atoms with Crippen LogP contribution >= 0.6 is 0 Å². The molecule has 0 aliphatic carbocycles. The third-order valence-electron chi connectivity index (χ3n) is 4.63. The Morgan fingerprint density at radius 2 is 1.80 bits per heavy atom. The second-order valence-corrected chi connectivity index (χ2v) is 7.54. The van der Waals surface area contributed by atoms with Gasteiger partial charge in [0, 0.05) is 18.5 Å². The van der Waals surface area contributed by atoms with Crippen LogP contribution in [0.2, 0.25) is 0 Å². The van der Waals surface area contributed by atoms with Gasteiger partial charge in [-0.25, -0.2) is 14.6 Å². The quantitative estimate of drug-likeness (QED) is 0.378. The molecule has 10 heteroatoms. The number of carboxylic acid groups (broad SMARTS) is 2. The zero-order valence-corrected chi connectivity index (χ0v) is 17.7. The van der Waals surface area contributed by atoms with Gasteiger partial charge in [0.2, 0.25) is 5.88 Å². The minimum atomic E-state index is -2.27. The number of aromatic nitrogens is 1. The first-order chi connectivity index (χ1) is 14.1. The summed E-state index contributed by atoms with van der Waals surface area (Å²) in [5.74, 6) is -0.794. The van der Waals surface area contributed by atoms with Crippen LogP contribution in [0.5, 0.6) is 11.6 Å². The Bertz CT molecular complexity index is 673. The maximum absolute atomic E-state index is 9.77. The third kappa shape index (κ3) is 8.13. The monoisotopic (exact) mass is 428 g/mol. The van der Waals surface area contributed by atoms with Gasteiger partial charge in [0.05, 0.1) is 12.8 Å². The van der Waals surface area contributed by atoms with Crippen LogP contribution in [-0.2, 0) is 9.59 Å². The molecule has 30 heavy (non-hydrogen) atoms. The van der Waals surface area contributed by atoms with E-state index in [0.29, 0.717) is 17.7 Å². The summed E-state index contributed by atoms with van der Waals surface area (Å²) in [5, 5.41) is 36.0. The normalized spacial score (nSPS) is 18.7. The Labute approximate surface area is 175 Å². The van der Waals surface area contributed by atoms with Crippen molar-refractivity contribution in [2.75, 3.05) is 20.2 Å². The van der Waals surface area contributed by atoms with Crippen molar-refractivity contribution in [1.82, 2.24) is 10.3 Å². The van der Waals surface area contributed by atoms with Crippen LogP contribution in [0, 0.1) is 18.8 Å². The summed E-state index contributed by atoms with van der Waals surface area (Å²) in [6.07, 6.45) is -1.99. The molecular weight excluding hydrogens is 396 g/mol. The molecule has 10 nitrogen and oxygen atoms in total. The SMILES string of the molecule is COc1ccc(O[C@@H](CC(C)C)[C@H]2CCNC2)c(C)n1.O=C(O)C(O)C(O)C(=O)O. The van der Waals surface area contributed by atoms with Crippen molar-refractivity contribution in [2.45, 2.75) is 51.9 Å². The Hall–Kier alpha value is -2.43. The van der Waals surface area contributed by atoms with Crippen molar-refractivity contribution < 1.29 is 39.5 Å². The molecule has 1 fully saturated rings. The number of aryl methyl sites for hydroxylation is 1. The molecule has 1 aliphatic rings. The molecule has 0 amide bonds. The Kier molecular flexibility index (Phi) is 10.5. The Morgan fingerprint density at radius 3 is 2.20 bits per heavy atom. The zero-order valence-electron chi connectivity index (χ0n) is 17.7. The summed E-state index contributed by atoms with van der Waals surface area (Å²) < 4.78 is 11.4. The fourth-order valence-corrected chi connectivity index (χ4v) is 2.99. The Morgan fingerprint density at radius 1 is 1.20 bits per heavy atom. The second-order valence-electron chi connectivity index (χ2n) is 7.54. The van der Waals surface area contributed by atoms with Crippen LogP contribution in [0.25, 0.3) is 0 Å². The van der Waals surface area contributed by atoms with Crippen molar-refractivity contribution in [3.63, 3.8) is 0 Å². The molecule has 170 valence electrons. The van der Waals surface area contributed by atoms with Gasteiger partial charge in [0.15, 0.2) is 12.2 Å². The average Bonchev–Trinajstić information content (AvgIpc) is 3.22. The van der Waals surface area contributed by atoms with Gasteiger partial charge in [0.25, 0.3) is 0 Å². The minimum absolute atomic E-state index is 0.263. The first kappa shape index (κ1) is 25.6. The van der Waals surface area contributed by atoms with Gasteiger partial charge >= 0.3 is 11.9 Å². The number of nitrogens with one attached hydrogen (secondary N) is 1. The lowest BCUT2D eigenvalue weighted by Crippen LogP contribution is -2.39. The summed E-state index contributed by atoms with van der Waals surface area (Å²) in [6.45, 7) is 8.62. The molecule has 2 rings (SSSR count).